The van der Waals surface area contributed by atoms with E-state index in [0.29, 0.717) is 30.3 Å². The van der Waals surface area contributed by atoms with E-state index in [1.165, 1.54) is 32.1 Å². The number of carbonyl (C=O) groups is 1. The highest BCUT2D eigenvalue weighted by Gasteiger charge is 2.52. The van der Waals surface area contributed by atoms with Crippen LogP contribution in [-0.4, -0.2) is 42.4 Å². The molecule has 4 saturated carbocycles. The molecular formula is C19H29NO3. The van der Waals surface area contributed by atoms with Crippen LogP contribution in [0.3, 0.4) is 0 Å². The lowest BCUT2D eigenvalue weighted by Gasteiger charge is -2.54. The second-order valence-corrected chi connectivity index (χ2v) is 8.93. The van der Waals surface area contributed by atoms with Gasteiger partial charge in [-0.3, -0.25) is 4.79 Å². The average molecular weight is 319 g/mol. The van der Waals surface area contributed by atoms with Crippen molar-refractivity contribution in [2.45, 2.75) is 63.8 Å². The first-order chi connectivity index (χ1) is 11.1. The molecule has 1 amide bonds. The lowest BCUT2D eigenvalue weighted by Crippen LogP contribution is -2.55. The Balaban J connectivity index is 1.26. The number of likely N-dealkylation sites (tertiary alicyclic amines) is 1. The molecule has 1 atom stereocenters. The first-order valence-electron chi connectivity index (χ1n) is 9.72. The van der Waals surface area contributed by atoms with E-state index in [0.717, 1.165) is 37.8 Å². The molecule has 4 heteroatoms. The molecule has 0 aromatic carbocycles. The molecule has 0 radical (unpaired) electrons. The Morgan fingerprint density at radius 1 is 1.00 bits per heavy atom. The van der Waals surface area contributed by atoms with Crippen LogP contribution in [0.15, 0.2) is 0 Å². The zero-order valence-corrected chi connectivity index (χ0v) is 14.2. The van der Waals surface area contributed by atoms with Crippen LogP contribution in [0.1, 0.15) is 51.9 Å². The fourth-order valence-corrected chi connectivity index (χ4v) is 6.57. The van der Waals surface area contributed by atoms with Crippen LogP contribution in [-0.2, 0) is 14.3 Å². The molecule has 2 saturated heterocycles. The maximum Gasteiger partial charge on any atom is 0.226 e. The van der Waals surface area contributed by atoms with Crippen LogP contribution in [0.25, 0.3) is 0 Å². The SMILES string of the molecule is C[C@@H]1COC2(CCN(C(=O)C3C4CC5CC(C4)CC3C5)CC2)O1. The quantitative estimate of drug-likeness (QED) is 0.746. The summed E-state index contributed by atoms with van der Waals surface area (Å²) < 4.78 is 11.9. The summed E-state index contributed by atoms with van der Waals surface area (Å²) in [6.07, 6.45) is 8.63. The van der Waals surface area contributed by atoms with Gasteiger partial charge >= 0.3 is 0 Å². The summed E-state index contributed by atoms with van der Waals surface area (Å²) in [7, 11) is 0. The van der Waals surface area contributed by atoms with E-state index >= 15 is 0 Å². The summed E-state index contributed by atoms with van der Waals surface area (Å²) in [5, 5.41) is 0. The van der Waals surface area contributed by atoms with E-state index in [1.807, 2.05) is 0 Å². The summed E-state index contributed by atoms with van der Waals surface area (Å²) in [6.45, 7) is 4.40. The van der Waals surface area contributed by atoms with Gasteiger partial charge in [0, 0.05) is 31.8 Å². The molecule has 6 rings (SSSR count). The van der Waals surface area contributed by atoms with Gasteiger partial charge < -0.3 is 14.4 Å². The maximum atomic E-state index is 13.2. The standard InChI is InChI=1S/C19H29NO3/c1-12-11-22-19(23-12)2-4-20(5-3-19)18(21)17-15-7-13-6-14(9-15)10-16(17)8-13/h12-17H,2-11H2,1H3/t12-,13?,14?,15?,16?,17?/m1/s1. The third-order valence-electron chi connectivity index (χ3n) is 7.35. The third-order valence-corrected chi connectivity index (χ3v) is 7.35. The summed E-state index contributed by atoms with van der Waals surface area (Å²) in [6, 6.07) is 0. The molecule has 0 N–H and O–H groups in total. The molecule has 4 bridgehead atoms. The smallest absolute Gasteiger partial charge is 0.226 e. The number of amides is 1. The van der Waals surface area contributed by atoms with E-state index in [9.17, 15) is 4.79 Å². The van der Waals surface area contributed by atoms with Crippen molar-refractivity contribution in [3.63, 3.8) is 0 Å². The number of carbonyl (C=O) groups excluding carboxylic acids is 1. The minimum Gasteiger partial charge on any atom is -0.347 e. The molecule has 6 aliphatic rings. The highest BCUT2D eigenvalue weighted by Crippen LogP contribution is 2.57. The van der Waals surface area contributed by atoms with Gasteiger partial charge in [0.05, 0.1) is 12.7 Å². The number of hydrogen-bond acceptors (Lipinski definition) is 3. The summed E-state index contributed by atoms with van der Waals surface area (Å²) >= 11 is 0. The largest absolute Gasteiger partial charge is 0.347 e. The van der Waals surface area contributed by atoms with E-state index in [1.54, 1.807) is 0 Å². The molecule has 0 unspecified atom stereocenters. The van der Waals surface area contributed by atoms with E-state index < -0.39 is 0 Å². The van der Waals surface area contributed by atoms with Gasteiger partial charge in [-0.05, 0) is 62.7 Å². The fourth-order valence-electron chi connectivity index (χ4n) is 6.57. The molecule has 0 aromatic heterocycles. The van der Waals surface area contributed by atoms with Gasteiger partial charge in [-0.1, -0.05) is 0 Å². The second kappa shape index (κ2) is 5.19. The van der Waals surface area contributed by atoms with Gasteiger partial charge in [-0.2, -0.15) is 0 Å². The van der Waals surface area contributed by atoms with Crippen molar-refractivity contribution in [1.82, 2.24) is 4.90 Å². The first-order valence-corrected chi connectivity index (χ1v) is 9.72. The van der Waals surface area contributed by atoms with Crippen LogP contribution in [0, 0.1) is 29.6 Å². The van der Waals surface area contributed by atoms with Crippen molar-refractivity contribution in [3.05, 3.63) is 0 Å². The lowest BCUT2D eigenvalue weighted by atomic mass is 9.51. The summed E-state index contributed by atoms with van der Waals surface area (Å²) in [5.74, 6) is 3.66. The topological polar surface area (TPSA) is 38.8 Å². The minimum absolute atomic E-state index is 0.196. The molecule has 23 heavy (non-hydrogen) atoms. The monoisotopic (exact) mass is 319 g/mol. The van der Waals surface area contributed by atoms with Crippen LogP contribution in [0.5, 0.6) is 0 Å². The zero-order valence-electron chi connectivity index (χ0n) is 14.2. The normalized spacial score (nSPS) is 47.4. The molecule has 4 nitrogen and oxygen atoms in total. The zero-order chi connectivity index (χ0) is 15.6. The van der Waals surface area contributed by atoms with E-state index in [4.69, 9.17) is 9.47 Å². The Hall–Kier alpha value is -0.610. The van der Waals surface area contributed by atoms with Gasteiger partial charge in [-0.25, -0.2) is 0 Å². The highest BCUT2D eigenvalue weighted by atomic mass is 16.7. The maximum absolute atomic E-state index is 13.2. The van der Waals surface area contributed by atoms with Gasteiger partial charge in [0.25, 0.3) is 0 Å². The Morgan fingerprint density at radius 3 is 2.13 bits per heavy atom. The van der Waals surface area contributed by atoms with Crippen LogP contribution < -0.4 is 0 Å². The number of piperidine rings is 1. The second-order valence-electron chi connectivity index (χ2n) is 8.93. The first kappa shape index (κ1) is 14.7. The van der Waals surface area contributed by atoms with Gasteiger partial charge in [0.15, 0.2) is 5.79 Å². The van der Waals surface area contributed by atoms with Gasteiger partial charge in [0.2, 0.25) is 5.91 Å². The van der Waals surface area contributed by atoms with Gasteiger partial charge in [0.1, 0.15) is 0 Å². The number of hydrogen-bond donors (Lipinski definition) is 0. The van der Waals surface area contributed by atoms with Crippen molar-refractivity contribution >= 4 is 5.91 Å². The van der Waals surface area contributed by atoms with Crippen molar-refractivity contribution in [3.8, 4) is 0 Å². The minimum atomic E-state index is -0.389. The van der Waals surface area contributed by atoms with Crippen LogP contribution in [0.2, 0.25) is 0 Å². The molecule has 0 aromatic rings. The molecule has 6 fully saturated rings. The Bertz CT molecular complexity index is 469. The Kier molecular flexibility index (Phi) is 3.32. The van der Waals surface area contributed by atoms with Crippen molar-refractivity contribution in [2.24, 2.45) is 29.6 Å². The Labute approximate surface area is 138 Å². The predicted molar refractivity (Wildman–Crippen MR) is 85.6 cm³/mol. The summed E-state index contributed by atoms with van der Waals surface area (Å²) in [4.78, 5) is 15.3. The van der Waals surface area contributed by atoms with Gasteiger partial charge in [-0.15, -0.1) is 0 Å². The molecule has 128 valence electrons. The Morgan fingerprint density at radius 2 is 1.61 bits per heavy atom. The lowest BCUT2D eigenvalue weighted by molar-refractivity contribution is -0.197. The fraction of sp³-hybridized carbons (Fsp3) is 0.947. The number of rotatable bonds is 1. The van der Waals surface area contributed by atoms with Crippen molar-refractivity contribution < 1.29 is 14.3 Å². The van der Waals surface area contributed by atoms with Crippen molar-refractivity contribution in [1.29, 1.82) is 0 Å². The van der Waals surface area contributed by atoms with Crippen molar-refractivity contribution in [2.75, 3.05) is 19.7 Å². The van der Waals surface area contributed by atoms with E-state index in [2.05, 4.69) is 11.8 Å². The molecular weight excluding hydrogens is 290 g/mol. The molecule has 4 aliphatic carbocycles. The molecule has 1 spiro atoms. The third kappa shape index (κ3) is 2.36. The number of ether oxygens (including phenoxy) is 2. The highest BCUT2D eigenvalue weighted by molar-refractivity contribution is 5.80. The van der Waals surface area contributed by atoms with E-state index in [-0.39, 0.29) is 11.9 Å². The van der Waals surface area contributed by atoms with Crippen LogP contribution >= 0.6 is 0 Å². The number of nitrogens with zero attached hydrogens (tertiary/aromatic N) is 1. The predicted octanol–water partition coefficient (Wildman–Crippen LogP) is 2.81. The van der Waals surface area contributed by atoms with Crippen LogP contribution in [0.4, 0.5) is 0 Å². The average Bonchev–Trinajstić information content (AvgIpc) is 2.87. The molecule has 2 heterocycles. The summed E-state index contributed by atoms with van der Waals surface area (Å²) in [5.41, 5.74) is 0. The molecule has 2 aliphatic heterocycles.